The molecular weight excluding hydrogens is 336 g/mol. The first-order chi connectivity index (χ1) is 12.2. The number of hydrogen-bond acceptors (Lipinski definition) is 6. The van der Waals surface area contributed by atoms with Gasteiger partial charge in [0.1, 0.15) is 0 Å². The number of amides is 1. The number of hydrogen-bond donors (Lipinski definition) is 2. The van der Waals surface area contributed by atoms with Crippen molar-refractivity contribution in [2.45, 2.75) is 6.92 Å². The smallest absolute Gasteiger partial charge is 0.259 e. The number of morpholine rings is 1. The minimum Gasteiger partial charge on any atom is -0.378 e. The lowest BCUT2D eigenvalue weighted by Gasteiger charge is -2.27. The SMILES string of the molecule is Cc1ccc(NCC(=O)N/N=C\c2ccc(N3CCOCC3)s2)cc1. The molecule has 132 valence electrons. The molecule has 1 saturated heterocycles. The fraction of sp³-hybridized carbons (Fsp3) is 0.333. The Balaban J connectivity index is 1.43. The van der Waals surface area contributed by atoms with E-state index < -0.39 is 0 Å². The van der Waals surface area contributed by atoms with Crippen LogP contribution in [0.1, 0.15) is 10.4 Å². The number of carbonyl (C=O) groups excluding carboxylic acids is 1. The number of aryl methyl sites for hydroxylation is 1. The maximum Gasteiger partial charge on any atom is 0.259 e. The number of thiophene rings is 1. The molecule has 0 aliphatic carbocycles. The highest BCUT2D eigenvalue weighted by molar-refractivity contribution is 7.17. The third kappa shape index (κ3) is 5.30. The van der Waals surface area contributed by atoms with Crippen LogP contribution in [0, 0.1) is 6.92 Å². The van der Waals surface area contributed by atoms with Gasteiger partial charge in [-0.05, 0) is 31.2 Å². The molecule has 1 aromatic heterocycles. The molecule has 0 bridgehead atoms. The van der Waals surface area contributed by atoms with Crippen LogP contribution in [0.3, 0.4) is 0 Å². The summed E-state index contributed by atoms with van der Waals surface area (Å²) in [5.74, 6) is -0.179. The molecule has 0 atom stereocenters. The first-order valence-electron chi connectivity index (χ1n) is 8.26. The average Bonchev–Trinajstić information content (AvgIpc) is 3.11. The van der Waals surface area contributed by atoms with Gasteiger partial charge in [-0.25, -0.2) is 5.43 Å². The second-order valence-corrected chi connectivity index (χ2v) is 6.88. The molecule has 1 aliphatic heterocycles. The third-order valence-electron chi connectivity index (χ3n) is 3.82. The van der Waals surface area contributed by atoms with Gasteiger partial charge in [0.15, 0.2) is 0 Å². The van der Waals surface area contributed by atoms with E-state index in [1.54, 1.807) is 17.6 Å². The zero-order valence-corrected chi connectivity index (χ0v) is 15.0. The molecule has 2 aromatic rings. The number of nitrogens with zero attached hydrogens (tertiary/aromatic N) is 2. The lowest BCUT2D eigenvalue weighted by Crippen LogP contribution is -2.35. The van der Waals surface area contributed by atoms with Gasteiger partial charge in [-0.1, -0.05) is 17.7 Å². The Labute approximate surface area is 151 Å². The van der Waals surface area contributed by atoms with Crippen LogP contribution in [0.5, 0.6) is 0 Å². The zero-order valence-electron chi connectivity index (χ0n) is 14.2. The minimum atomic E-state index is -0.179. The molecule has 1 fully saturated rings. The van der Waals surface area contributed by atoms with E-state index >= 15 is 0 Å². The van der Waals surface area contributed by atoms with Crippen LogP contribution in [0.25, 0.3) is 0 Å². The highest BCUT2D eigenvalue weighted by atomic mass is 32.1. The maximum atomic E-state index is 11.8. The number of anilines is 2. The van der Waals surface area contributed by atoms with Crippen LogP contribution in [0.2, 0.25) is 0 Å². The number of hydrazone groups is 1. The number of ether oxygens (including phenoxy) is 1. The van der Waals surface area contributed by atoms with E-state index in [0.717, 1.165) is 36.9 Å². The van der Waals surface area contributed by atoms with Gasteiger partial charge in [-0.3, -0.25) is 4.79 Å². The number of carbonyl (C=O) groups is 1. The highest BCUT2D eigenvalue weighted by Crippen LogP contribution is 2.25. The van der Waals surface area contributed by atoms with Crippen molar-refractivity contribution in [1.82, 2.24) is 5.43 Å². The maximum absolute atomic E-state index is 11.8. The van der Waals surface area contributed by atoms with E-state index in [2.05, 4.69) is 26.8 Å². The predicted octanol–water partition coefficient (Wildman–Crippen LogP) is 2.46. The fourth-order valence-electron chi connectivity index (χ4n) is 2.43. The van der Waals surface area contributed by atoms with Gasteiger partial charge in [0.25, 0.3) is 5.91 Å². The quantitative estimate of drug-likeness (QED) is 0.615. The van der Waals surface area contributed by atoms with Gasteiger partial charge < -0.3 is 15.0 Å². The topological polar surface area (TPSA) is 66.0 Å². The predicted molar refractivity (Wildman–Crippen MR) is 103 cm³/mol. The molecule has 2 N–H and O–H groups in total. The molecule has 6 nitrogen and oxygen atoms in total. The Morgan fingerprint density at radius 1 is 1.24 bits per heavy atom. The monoisotopic (exact) mass is 358 g/mol. The molecule has 7 heteroatoms. The molecule has 1 amide bonds. The highest BCUT2D eigenvalue weighted by Gasteiger charge is 2.12. The Kier molecular flexibility index (Phi) is 6.03. The zero-order chi connectivity index (χ0) is 17.5. The second-order valence-electron chi connectivity index (χ2n) is 5.79. The molecule has 0 radical (unpaired) electrons. The number of benzene rings is 1. The lowest BCUT2D eigenvalue weighted by molar-refractivity contribution is -0.119. The van der Waals surface area contributed by atoms with Crippen LogP contribution >= 0.6 is 11.3 Å². The van der Waals surface area contributed by atoms with Crippen molar-refractivity contribution >= 4 is 34.1 Å². The van der Waals surface area contributed by atoms with Crippen LogP contribution in [-0.4, -0.2) is 45.0 Å². The van der Waals surface area contributed by atoms with Gasteiger partial charge in [0.05, 0.1) is 31.0 Å². The van der Waals surface area contributed by atoms with Gasteiger partial charge in [-0.15, -0.1) is 11.3 Å². The van der Waals surface area contributed by atoms with Crippen molar-refractivity contribution in [3.05, 3.63) is 46.8 Å². The fourth-order valence-corrected chi connectivity index (χ4v) is 3.36. The molecule has 0 saturated carbocycles. The van der Waals surface area contributed by atoms with Gasteiger partial charge in [0.2, 0.25) is 0 Å². The van der Waals surface area contributed by atoms with Crippen molar-refractivity contribution < 1.29 is 9.53 Å². The summed E-state index contributed by atoms with van der Waals surface area (Å²) in [5, 5.41) is 8.30. The summed E-state index contributed by atoms with van der Waals surface area (Å²) < 4.78 is 5.36. The van der Waals surface area contributed by atoms with Crippen LogP contribution in [0.15, 0.2) is 41.5 Å². The molecular formula is C18H22N4O2S. The van der Waals surface area contributed by atoms with E-state index in [1.165, 1.54) is 10.6 Å². The first kappa shape index (κ1) is 17.4. The summed E-state index contributed by atoms with van der Waals surface area (Å²) >= 11 is 1.66. The Morgan fingerprint density at radius 3 is 2.76 bits per heavy atom. The van der Waals surface area contributed by atoms with Crippen molar-refractivity contribution in [2.75, 3.05) is 43.1 Å². The largest absolute Gasteiger partial charge is 0.378 e. The van der Waals surface area contributed by atoms with Gasteiger partial charge in [-0.2, -0.15) is 5.10 Å². The van der Waals surface area contributed by atoms with Gasteiger partial charge in [0, 0.05) is 23.7 Å². The van der Waals surface area contributed by atoms with Crippen LogP contribution in [-0.2, 0) is 9.53 Å². The van der Waals surface area contributed by atoms with E-state index in [9.17, 15) is 4.79 Å². The molecule has 2 heterocycles. The number of rotatable bonds is 6. The van der Waals surface area contributed by atoms with Crippen molar-refractivity contribution in [2.24, 2.45) is 5.10 Å². The van der Waals surface area contributed by atoms with E-state index in [1.807, 2.05) is 37.3 Å². The summed E-state index contributed by atoms with van der Waals surface area (Å²) in [7, 11) is 0. The standard InChI is InChI=1S/C18H22N4O2S/c1-14-2-4-15(5-3-14)19-13-17(23)21-20-12-16-6-7-18(25-16)22-8-10-24-11-9-22/h2-7,12,19H,8-11,13H2,1H3,(H,21,23)/b20-12-. The minimum absolute atomic E-state index is 0.179. The normalized spacial score (nSPS) is 14.7. The second kappa shape index (κ2) is 8.64. The molecule has 1 aromatic carbocycles. The first-order valence-corrected chi connectivity index (χ1v) is 9.07. The Morgan fingerprint density at radius 2 is 2.00 bits per heavy atom. The Hall–Kier alpha value is -2.38. The third-order valence-corrected chi connectivity index (χ3v) is 4.90. The number of nitrogens with one attached hydrogen (secondary N) is 2. The van der Waals surface area contributed by atoms with Crippen LogP contribution in [0.4, 0.5) is 10.7 Å². The van der Waals surface area contributed by atoms with Crippen molar-refractivity contribution in [3.63, 3.8) is 0 Å². The Bertz CT molecular complexity index is 721. The molecule has 0 unspecified atom stereocenters. The lowest BCUT2D eigenvalue weighted by atomic mass is 10.2. The summed E-state index contributed by atoms with van der Waals surface area (Å²) in [4.78, 5) is 15.1. The van der Waals surface area contributed by atoms with E-state index in [0.29, 0.717) is 0 Å². The summed E-state index contributed by atoms with van der Waals surface area (Å²) in [6.07, 6.45) is 1.68. The summed E-state index contributed by atoms with van der Waals surface area (Å²) in [6.45, 7) is 5.58. The van der Waals surface area contributed by atoms with E-state index in [4.69, 9.17) is 4.74 Å². The van der Waals surface area contributed by atoms with E-state index in [-0.39, 0.29) is 12.5 Å². The van der Waals surface area contributed by atoms with Crippen molar-refractivity contribution in [3.8, 4) is 0 Å². The summed E-state index contributed by atoms with van der Waals surface area (Å²) in [5.41, 5.74) is 4.64. The summed E-state index contributed by atoms with van der Waals surface area (Å²) in [6, 6.07) is 12.0. The van der Waals surface area contributed by atoms with Crippen LogP contribution < -0.4 is 15.6 Å². The molecule has 0 spiro atoms. The molecule has 25 heavy (non-hydrogen) atoms. The van der Waals surface area contributed by atoms with Gasteiger partial charge >= 0.3 is 0 Å². The molecule has 3 rings (SSSR count). The van der Waals surface area contributed by atoms with Crippen molar-refractivity contribution in [1.29, 1.82) is 0 Å². The average molecular weight is 358 g/mol. The molecule has 1 aliphatic rings.